The maximum Gasteiger partial charge on any atom is 0.336 e. The summed E-state index contributed by atoms with van der Waals surface area (Å²) in [5.74, 6) is 2.35. The van der Waals surface area contributed by atoms with E-state index >= 15 is 0 Å². The summed E-state index contributed by atoms with van der Waals surface area (Å²) in [5.41, 5.74) is 19.2. The number of carboxylic acids is 1. The Morgan fingerprint density at radius 2 is 1.06 bits per heavy atom. The molecule has 15 rings (SSSR count). The molecule has 2 N–H and O–H groups in total. The molecule has 10 aromatic carbocycles. The maximum atomic E-state index is 12.3. The van der Waals surface area contributed by atoms with Gasteiger partial charge in [0.1, 0.15) is 62.2 Å². The second kappa shape index (κ2) is 35.1. The van der Waals surface area contributed by atoms with Crippen LogP contribution >= 0.6 is 7.26 Å². The number of aromatic carboxylic acids is 1. The molecular weight excluding hydrogens is 1350 g/mol. The summed E-state index contributed by atoms with van der Waals surface area (Å²) in [7, 11) is 8.37. The Morgan fingerprint density at radius 1 is 0.532 bits per heavy atom. The van der Waals surface area contributed by atoms with Gasteiger partial charge in [-0.1, -0.05) is 233 Å². The lowest BCUT2D eigenvalue weighted by atomic mass is 9.76. The van der Waals surface area contributed by atoms with E-state index in [0.29, 0.717) is 34.8 Å². The first-order valence-electron chi connectivity index (χ1n) is 38.8. The van der Waals surface area contributed by atoms with Crippen molar-refractivity contribution in [2.45, 2.75) is 113 Å². The zero-order valence-corrected chi connectivity index (χ0v) is 68.3. The molecule has 0 amide bonds. The minimum absolute atomic E-state index is 0.111. The van der Waals surface area contributed by atoms with Gasteiger partial charge in [-0.25, -0.2) is 13.9 Å². The van der Waals surface area contributed by atoms with Crippen LogP contribution in [0.15, 0.2) is 290 Å². The Labute approximate surface area is 649 Å². The van der Waals surface area contributed by atoms with Crippen molar-refractivity contribution in [3.63, 3.8) is 0 Å². The third-order valence-corrected chi connectivity index (χ3v) is 25.9. The Kier molecular flexibility index (Phi) is 25.5. The lowest BCUT2D eigenvalue weighted by Crippen LogP contribution is -2.34. The molecule has 3 aliphatic rings. The van der Waals surface area contributed by atoms with Gasteiger partial charge in [-0.2, -0.15) is 4.58 Å². The standard InChI is InChI=1S/C27H28N2O3.C22H24P.C19H24N.C17H17N.C15H18N/c1-16(2)17-7-10-20(23(13-17)27(30)31)26-21-11-8-18(28(3)4)14-24(21)32-25-15-19(29(5)6)9-12-22(25)26;1-19(2)18-23(20-12-6-3-7-13-20,21-14-8-4-9-15-21)22-16-10-5-11-17-22;1-6-20-16-12-11-14-9-7-8-10-15(14)17(16)19(4,5)18(20)13(2)3;1-12(2)16-14-10-6-7-11-15(14)18-17(16)13-8-4-3-5-9-13;1-12(2)13-4-6-14(7-5-13)15-8-10-16(3)11-9-15/h7-16H,1-6H3;3-17,19H,18H2,1-2H3;7-13H,6H2,1-5H3;3-12,18H,1-2H3;4-12H,1-3H3/q;2*+1;;+1/p+1. The lowest BCUT2D eigenvalue weighted by molar-refractivity contribution is -0.671. The molecule has 4 heterocycles. The van der Waals surface area contributed by atoms with E-state index in [-0.39, 0.29) is 11.3 Å². The number of pyridine rings is 1. The van der Waals surface area contributed by atoms with Crippen molar-refractivity contribution in [1.82, 2.24) is 9.56 Å². The van der Waals surface area contributed by atoms with Gasteiger partial charge in [0.25, 0.3) is 0 Å². The minimum atomic E-state index is -1.61. The van der Waals surface area contributed by atoms with Gasteiger partial charge in [0, 0.05) is 94.7 Å². The number of carboxylic acid groups (broad SMARTS) is 1. The number of aromatic nitrogens is 2. The zero-order chi connectivity index (χ0) is 77.8. The van der Waals surface area contributed by atoms with E-state index in [1.54, 1.807) is 11.8 Å². The lowest BCUT2D eigenvalue weighted by Gasteiger charge is -2.29. The molecule has 12 aromatic rings. The number of benzene rings is 11. The van der Waals surface area contributed by atoms with Crippen molar-refractivity contribution in [3.8, 4) is 44.8 Å². The predicted octanol–water partition coefficient (Wildman–Crippen LogP) is 22.9. The average molecular weight is 1460 g/mol. The number of para-hydroxylation sites is 1. The molecule has 9 heteroatoms. The molecule has 109 heavy (non-hydrogen) atoms. The van der Waals surface area contributed by atoms with E-state index < -0.39 is 13.2 Å². The highest BCUT2D eigenvalue weighted by Gasteiger charge is 2.48. The molecule has 0 fully saturated rings. The molecule has 556 valence electrons. The Bertz CT molecular complexity index is 5380. The first kappa shape index (κ1) is 79.3. The van der Waals surface area contributed by atoms with Gasteiger partial charge in [0.15, 0.2) is 18.1 Å². The van der Waals surface area contributed by atoms with Crippen LogP contribution in [0.1, 0.15) is 140 Å². The van der Waals surface area contributed by atoms with Gasteiger partial charge in [-0.05, 0) is 167 Å². The number of H-pyrrole nitrogens is 1. The topological polar surface area (TPSA) is 79.4 Å². The summed E-state index contributed by atoms with van der Waals surface area (Å²) in [6, 6.07) is 96.7. The quantitative estimate of drug-likeness (QED) is 0.0609. The molecule has 2 aromatic heterocycles. The van der Waals surface area contributed by atoms with Crippen molar-refractivity contribution in [2.75, 3.05) is 45.8 Å². The monoisotopic (exact) mass is 1460 g/mol. The Morgan fingerprint density at radius 3 is 1.60 bits per heavy atom. The van der Waals surface area contributed by atoms with Crippen LogP contribution in [0.25, 0.3) is 77.5 Å². The van der Waals surface area contributed by atoms with Crippen molar-refractivity contribution < 1.29 is 23.5 Å². The number of aromatic amines is 1. The normalized spacial score (nSPS) is 12.4. The number of aryl methyl sites for hydroxylation is 1. The second-order valence-corrected chi connectivity index (χ2v) is 34.9. The highest BCUT2D eigenvalue weighted by atomic mass is 31.2. The summed E-state index contributed by atoms with van der Waals surface area (Å²) in [5, 5.41) is 20.5. The van der Waals surface area contributed by atoms with Crippen molar-refractivity contribution in [3.05, 3.63) is 319 Å². The molecule has 0 saturated carbocycles. The van der Waals surface area contributed by atoms with E-state index in [4.69, 9.17) is 4.42 Å². The SMILES string of the molecule is CC(C)C[P+](c1ccccc1)(c1ccccc1)c1ccccc1.CC(C)c1c(-c2ccccc2)[nH]c2ccccc12.CC(C)c1ccc(-c2c3ccc(=[N+](C)C)cc-3oc3cc(N(C)C)ccc23)c(C(=O)O)c1.CC(C)c1ccc(-c2cc[n+](C)cc2)cc1.CC[N+]1=C(C(C)C)C(C)(C)c2c1ccc1ccccc21. The minimum Gasteiger partial charge on any atom is -0.478 e. The van der Waals surface area contributed by atoms with Gasteiger partial charge in [-0.3, -0.25) is 0 Å². The predicted molar refractivity (Wildman–Crippen MR) is 468 cm³/mol. The van der Waals surface area contributed by atoms with Crippen LogP contribution in [0.4, 0.5) is 11.4 Å². The highest BCUT2D eigenvalue weighted by Crippen LogP contribution is 2.57. The number of fused-ring (bicyclic) bond motifs is 6. The van der Waals surface area contributed by atoms with E-state index in [2.05, 4.69) is 330 Å². The number of nitrogens with zero attached hydrogens (tertiary/aromatic N) is 4. The van der Waals surface area contributed by atoms with Crippen LogP contribution in [-0.2, 0) is 12.5 Å². The number of carbonyl (C=O) groups is 1. The highest BCUT2D eigenvalue weighted by molar-refractivity contribution is 7.95. The zero-order valence-electron chi connectivity index (χ0n) is 67.4. The third-order valence-electron chi connectivity index (χ3n) is 21.1. The van der Waals surface area contributed by atoms with Gasteiger partial charge in [0.2, 0.25) is 11.0 Å². The van der Waals surface area contributed by atoms with E-state index in [9.17, 15) is 9.90 Å². The first-order valence-corrected chi connectivity index (χ1v) is 40.8. The fourth-order valence-corrected chi connectivity index (χ4v) is 20.5. The third kappa shape index (κ3) is 17.5. The fraction of sp³-hybridized carbons (Fsp3) is 0.260. The molecule has 0 atom stereocenters. The van der Waals surface area contributed by atoms with Gasteiger partial charge in [0.05, 0.1) is 23.2 Å². The van der Waals surface area contributed by atoms with Crippen LogP contribution in [0.3, 0.4) is 0 Å². The van der Waals surface area contributed by atoms with Crippen molar-refractivity contribution >= 4 is 78.9 Å². The van der Waals surface area contributed by atoms with E-state index in [0.717, 1.165) is 51.0 Å². The molecular formula is C100H112N5O3P+4. The number of rotatable bonds is 15. The molecule has 8 nitrogen and oxygen atoms in total. The van der Waals surface area contributed by atoms with Crippen LogP contribution in [0.2, 0.25) is 0 Å². The number of hydrogen-bond donors (Lipinski definition) is 2. The van der Waals surface area contributed by atoms with Crippen molar-refractivity contribution in [2.24, 2.45) is 18.9 Å². The molecule has 0 bridgehead atoms. The Balaban J connectivity index is 0.000000138. The largest absolute Gasteiger partial charge is 0.478 e. The number of anilines is 1. The molecule has 0 radical (unpaired) electrons. The van der Waals surface area contributed by atoms with Crippen LogP contribution in [0, 0.1) is 11.8 Å². The summed E-state index contributed by atoms with van der Waals surface area (Å²) in [6.45, 7) is 30.4. The van der Waals surface area contributed by atoms with Crippen molar-refractivity contribution in [1.29, 1.82) is 0 Å². The fourth-order valence-electron chi connectivity index (χ4n) is 15.8. The van der Waals surface area contributed by atoms with Crippen LogP contribution in [-0.4, -0.2) is 67.2 Å². The summed E-state index contributed by atoms with van der Waals surface area (Å²) >= 11 is 0. The summed E-state index contributed by atoms with van der Waals surface area (Å²) < 4.78 is 12.9. The first-order chi connectivity index (χ1) is 52.3. The Hall–Kier alpha value is -10.8. The number of nitrogens with one attached hydrogen (secondary N) is 1. The molecule has 2 aliphatic heterocycles. The maximum absolute atomic E-state index is 12.3. The summed E-state index contributed by atoms with van der Waals surface area (Å²) in [6.07, 6.45) is 5.35. The smallest absolute Gasteiger partial charge is 0.336 e. The van der Waals surface area contributed by atoms with Gasteiger partial charge in [-0.15, -0.1) is 0 Å². The van der Waals surface area contributed by atoms with Gasteiger partial charge < -0.3 is 19.4 Å². The molecule has 0 spiro atoms. The molecule has 1 aliphatic carbocycles. The molecule has 0 saturated heterocycles. The second-order valence-electron chi connectivity index (χ2n) is 31.4. The van der Waals surface area contributed by atoms with Crippen LogP contribution < -0.4 is 35.3 Å². The van der Waals surface area contributed by atoms with Crippen LogP contribution in [0.5, 0.6) is 0 Å². The van der Waals surface area contributed by atoms with E-state index in [1.165, 1.54) is 88.5 Å². The average Bonchev–Trinajstić information content (AvgIpc) is 1.18. The molecule has 0 unspecified atom stereocenters. The van der Waals surface area contributed by atoms with E-state index in [1.807, 2.05) is 97.8 Å². The summed E-state index contributed by atoms with van der Waals surface area (Å²) in [4.78, 5) is 17.9. The van der Waals surface area contributed by atoms with Gasteiger partial charge >= 0.3 is 5.97 Å². The number of hydrogen-bond acceptors (Lipinski definition) is 3.